The molecule has 2 aromatic carbocycles. The maximum absolute atomic E-state index is 12.7. The van der Waals surface area contributed by atoms with Crippen molar-refractivity contribution in [1.82, 2.24) is 0 Å². The summed E-state index contributed by atoms with van der Waals surface area (Å²) >= 11 is 0. The van der Waals surface area contributed by atoms with Gasteiger partial charge < -0.3 is 14.2 Å². The summed E-state index contributed by atoms with van der Waals surface area (Å²) in [6, 6.07) is 9.19. The van der Waals surface area contributed by atoms with Crippen LogP contribution in [0, 0.1) is 0 Å². The van der Waals surface area contributed by atoms with E-state index in [1.807, 2.05) is 24.3 Å². The lowest BCUT2D eigenvalue weighted by atomic mass is 10.1. The lowest BCUT2D eigenvalue weighted by Crippen LogP contribution is -2.11. The smallest absolute Gasteiger partial charge is 0.311 e. The summed E-state index contributed by atoms with van der Waals surface area (Å²) in [5.41, 5.74) is 0. The molecule has 0 aromatic heterocycles. The number of ether oxygens (including phenoxy) is 3. The zero-order valence-corrected chi connectivity index (χ0v) is 25.6. The van der Waals surface area contributed by atoms with E-state index in [9.17, 15) is 9.59 Å². The summed E-state index contributed by atoms with van der Waals surface area (Å²) in [5.74, 6) is 0.710. The van der Waals surface area contributed by atoms with Crippen LogP contribution in [0.15, 0.2) is 30.3 Å². The van der Waals surface area contributed by atoms with Gasteiger partial charge in [-0.2, -0.15) is 0 Å². The molecule has 0 fully saturated rings. The van der Waals surface area contributed by atoms with E-state index >= 15 is 0 Å². The van der Waals surface area contributed by atoms with E-state index in [1.54, 1.807) is 6.07 Å². The van der Waals surface area contributed by atoms with Crippen molar-refractivity contribution >= 4 is 22.7 Å². The highest BCUT2D eigenvalue weighted by molar-refractivity contribution is 5.98. The maximum atomic E-state index is 12.7. The Hall–Kier alpha value is -2.56. The SMILES string of the molecule is CCCCCCCCCCCC(=O)Oc1cc(OC)c(OC(=O)CCCCCCCCCCC)c2ccccc12. The molecular weight excluding hydrogens is 500 g/mol. The normalized spacial score (nSPS) is 11.1. The van der Waals surface area contributed by atoms with E-state index < -0.39 is 0 Å². The van der Waals surface area contributed by atoms with Crippen LogP contribution in [-0.4, -0.2) is 19.0 Å². The van der Waals surface area contributed by atoms with Crippen LogP contribution in [0.4, 0.5) is 0 Å². The Kier molecular flexibility index (Phi) is 17.9. The van der Waals surface area contributed by atoms with Crippen LogP contribution >= 0.6 is 0 Å². The quantitative estimate of drug-likeness (QED) is 0.0776. The number of hydrogen-bond donors (Lipinski definition) is 0. The van der Waals surface area contributed by atoms with Gasteiger partial charge in [-0.25, -0.2) is 0 Å². The van der Waals surface area contributed by atoms with E-state index in [0.29, 0.717) is 35.5 Å². The van der Waals surface area contributed by atoms with Gasteiger partial charge in [-0.15, -0.1) is 0 Å². The van der Waals surface area contributed by atoms with E-state index in [-0.39, 0.29) is 11.9 Å². The molecule has 0 radical (unpaired) electrons. The number of hydrogen-bond acceptors (Lipinski definition) is 5. The van der Waals surface area contributed by atoms with Gasteiger partial charge in [-0.1, -0.05) is 141 Å². The van der Waals surface area contributed by atoms with Gasteiger partial charge in [0.15, 0.2) is 11.5 Å². The van der Waals surface area contributed by atoms with Gasteiger partial charge in [0.2, 0.25) is 0 Å². The number of carbonyl (C=O) groups excluding carboxylic acids is 2. The number of methoxy groups -OCH3 is 1. The van der Waals surface area contributed by atoms with E-state index in [1.165, 1.54) is 84.2 Å². The van der Waals surface area contributed by atoms with Crippen molar-refractivity contribution in [2.45, 2.75) is 142 Å². The van der Waals surface area contributed by atoms with Crippen LogP contribution in [0.25, 0.3) is 10.8 Å². The van der Waals surface area contributed by atoms with Gasteiger partial charge in [0.25, 0.3) is 0 Å². The lowest BCUT2D eigenvalue weighted by molar-refractivity contribution is -0.135. The monoisotopic (exact) mass is 554 g/mol. The molecule has 0 amide bonds. The second kappa shape index (κ2) is 21.2. The molecule has 0 N–H and O–H groups in total. The Morgan fingerprint density at radius 2 is 0.975 bits per heavy atom. The Labute approximate surface area is 243 Å². The molecule has 0 aliphatic carbocycles. The summed E-state index contributed by atoms with van der Waals surface area (Å²) in [7, 11) is 1.54. The van der Waals surface area contributed by atoms with Gasteiger partial charge in [0, 0.05) is 29.7 Å². The molecule has 5 nitrogen and oxygen atoms in total. The fourth-order valence-corrected chi connectivity index (χ4v) is 5.13. The van der Waals surface area contributed by atoms with Crippen LogP contribution in [0.5, 0.6) is 17.2 Å². The predicted octanol–water partition coefficient (Wildman–Crippen LogP) is 10.5. The molecule has 0 spiro atoms. The molecule has 0 unspecified atom stereocenters. The highest BCUT2D eigenvalue weighted by atomic mass is 16.6. The molecular formula is C35H54O5. The average Bonchev–Trinajstić information content (AvgIpc) is 2.96. The molecule has 224 valence electrons. The fraction of sp³-hybridized carbons (Fsp3) is 0.657. The molecule has 2 rings (SSSR count). The summed E-state index contributed by atoms with van der Waals surface area (Å²) in [4.78, 5) is 25.3. The van der Waals surface area contributed by atoms with Gasteiger partial charge in [0.05, 0.1) is 7.11 Å². The minimum atomic E-state index is -0.262. The molecule has 0 aliphatic heterocycles. The summed E-state index contributed by atoms with van der Waals surface area (Å²) in [6.07, 6.45) is 22.3. The highest BCUT2D eigenvalue weighted by Gasteiger charge is 2.19. The molecule has 0 saturated heterocycles. The topological polar surface area (TPSA) is 61.8 Å². The molecule has 40 heavy (non-hydrogen) atoms. The first-order valence-corrected chi connectivity index (χ1v) is 16.1. The Morgan fingerprint density at radius 3 is 1.45 bits per heavy atom. The fourth-order valence-electron chi connectivity index (χ4n) is 5.13. The number of fused-ring (bicyclic) bond motifs is 1. The molecule has 0 aliphatic rings. The molecule has 0 atom stereocenters. The average molecular weight is 555 g/mol. The number of rotatable bonds is 23. The molecule has 0 bridgehead atoms. The van der Waals surface area contributed by atoms with Crippen LogP contribution in [0.1, 0.15) is 142 Å². The van der Waals surface area contributed by atoms with Crippen LogP contribution < -0.4 is 14.2 Å². The lowest BCUT2D eigenvalue weighted by Gasteiger charge is -2.15. The van der Waals surface area contributed by atoms with E-state index in [0.717, 1.165) is 43.9 Å². The van der Waals surface area contributed by atoms with Crippen molar-refractivity contribution < 1.29 is 23.8 Å². The minimum Gasteiger partial charge on any atom is -0.493 e. The molecule has 0 saturated carbocycles. The maximum Gasteiger partial charge on any atom is 0.311 e. The van der Waals surface area contributed by atoms with Crippen molar-refractivity contribution in [2.75, 3.05) is 7.11 Å². The zero-order chi connectivity index (χ0) is 28.8. The highest BCUT2D eigenvalue weighted by Crippen LogP contribution is 2.42. The number of carbonyl (C=O) groups is 2. The van der Waals surface area contributed by atoms with Gasteiger partial charge >= 0.3 is 11.9 Å². The van der Waals surface area contributed by atoms with Crippen molar-refractivity contribution in [3.63, 3.8) is 0 Å². The summed E-state index contributed by atoms with van der Waals surface area (Å²) < 4.78 is 17.2. The molecule has 2 aromatic rings. The zero-order valence-electron chi connectivity index (χ0n) is 25.6. The molecule has 0 heterocycles. The first-order chi connectivity index (χ1) is 19.6. The van der Waals surface area contributed by atoms with Crippen LogP contribution in [0.2, 0.25) is 0 Å². The third-order valence-corrected chi connectivity index (χ3v) is 7.55. The van der Waals surface area contributed by atoms with Gasteiger partial charge in [-0.05, 0) is 12.8 Å². The number of esters is 2. The van der Waals surface area contributed by atoms with Crippen molar-refractivity contribution in [3.05, 3.63) is 30.3 Å². The standard InChI is InChI=1S/C35H54O5/c1-4-6-8-10-12-14-16-18-20-26-33(36)39-31-28-32(38-3)35(30-25-23-22-24-29(30)31)40-34(37)27-21-19-17-15-13-11-9-7-5-2/h22-25,28H,4-21,26-27H2,1-3H3. The first kappa shape index (κ1) is 33.6. The largest absolute Gasteiger partial charge is 0.493 e. The minimum absolute atomic E-state index is 0.245. The number of unbranched alkanes of at least 4 members (excludes halogenated alkanes) is 16. The van der Waals surface area contributed by atoms with Crippen LogP contribution in [-0.2, 0) is 9.59 Å². The summed E-state index contributed by atoms with van der Waals surface area (Å²) in [5, 5.41) is 1.43. The van der Waals surface area contributed by atoms with Crippen molar-refractivity contribution in [2.24, 2.45) is 0 Å². The van der Waals surface area contributed by atoms with Gasteiger partial charge in [0.1, 0.15) is 5.75 Å². The molecule has 5 heteroatoms. The van der Waals surface area contributed by atoms with E-state index in [4.69, 9.17) is 14.2 Å². The third-order valence-electron chi connectivity index (χ3n) is 7.55. The third kappa shape index (κ3) is 13.2. The van der Waals surface area contributed by atoms with Crippen molar-refractivity contribution in [1.29, 1.82) is 0 Å². The van der Waals surface area contributed by atoms with Crippen molar-refractivity contribution in [3.8, 4) is 17.2 Å². The first-order valence-electron chi connectivity index (χ1n) is 16.1. The number of benzene rings is 2. The van der Waals surface area contributed by atoms with E-state index in [2.05, 4.69) is 13.8 Å². The second-order valence-corrected chi connectivity index (χ2v) is 11.1. The predicted molar refractivity (Wildman–Crippen MR) is 165 cm³/mol. The Balaban J connectivity index is 1.84. The Bertz CT molecular complexity index is 983. The summed E-state index contributed by atoms with van der Waals surface area (Å²) in [6.45, 7) is 4.47. The second-order valence-electron chi connectivity index (χ2n) is 11.1. The Morgan fingerprint density at radius 1 is 0.550 bits per heavy atom. The van der Waals surface area contributed by atoms with Gasteiger partial charge in [-0.3, -0.25) is 9.59 Å². The van der Waals surface area contributed by atoms with Crippen LogP contribution in [0.3, 0.4) is 0 Å².